The summed E-state index contributed by atoms with van der Waals surface area (Å²) in [5.74, 6) is -1.19. The van der Waals surface area contributed by atoms with Crippen LogP contribution in [-0.2, 0) is 14.3 Å². The summed E-state index contributed by atoms with van der Waals surface area (Å²) in [7, 11) is -4.73. The van der Waals surface area contributed by atoms with E-state index in [0.29, 0.717) is 0 Å². The van der Waals surface area contributed by atoms with Crippen molar-refractivity contribution in [3.05, 3.63) is 64.7 Å². The van der Waals surface area contributed by atoms with E-state index < -0.39 is 32.7 Å². The molecule has 0 heterocycles. The summed E-state index contributed by atoms with van der Waals surface area (Å²) in [6.07, 6.45) is -2.03. The number of benzene rings is 2. The summed E-state index contributed by atoms with van der Waals surface area (Å²) in [5, 5.41) is 8.54. The van der Waals surface area contributed by atoms with Crippen molar-refractivity contribution in [1.29, 1.82) is 0 Å². The van der Waals surface area contributed by atoms with Crippen LogP contribution in [0.25, 0.3) is 0 Å². The lowest BCUT2D eigenvalue weighted by molar-refractivity contribution is 0.0976. The van der Waals surface area contributed by atoms with Crippen LogP contribution in [-0.4, -0.2) is 31.2 Å². The van der Waals surface area contributed by atoms with E-state index in [0.717, 1.165) is 6.07 Å². The van der Waals surface area contributed by atoms with Gasteiger partial charge in [0, 0.05) is 16.7 Å². The van der Waals surface area contributed by atoms with Gasteiger partial charge in [-0.25, -0.2) is 4.79 Å². The standard InChI is InChI=1S/C15H8O7S/c16-13-8-4-1-2-5-9(8)14(17)12-10(13)6-3-7-11(12)23(20,21)22-15(18)19/h1-7H,(H,18,19). The average molecular weight is 332 g/mol. The third-order valence-electron chi connectivity index (χ3n) is 3.36. The van der Waals surface area contributed by atoms with Gasteiger partial charge in [0.25, 0.3) is 0 Å². The highest BCUT2D eigenvalue weighted by molar-refractivity contribution is 7.87. The van der Waals surface area contributed by atoms with Crippen molar-refractivity contribution in [2.45, 2.75) is 4.90 Å². The molecule has 0 radical (unpaired) electrons. The maximum absolute atomic E-state index is 12.6. The van der Waals surface area contributed by atoms with Gasteiger partial charge >= 0.3 is 16.3 Å². The molecule has 0 saturated heterocycles. The fourth-order valence-electron chi connectivity index (χ4n) is 2.46. The van der Waals surface area contributed by atoms with Crippen LogP contribution in [0.15, 0.2) is 47.4 Å². The lowest BCUT2D eigenvalue weighted by Gasteiger charge is -2.19. The number of fused-ring (bicyclic) bond motifs is 2. The van der Waals surface area contributed by atoms with E-state index in [-0.39, 0.29) is 22.3 Å². The molecule has 0 unspecified atom stereocenters. The van der Waals surface area contributed by atoms with E-state index in [2.05, 4.69) is 4.18 Å². The summed E-state index contributed by atoms with van der Waals surface area (Å²) < 4.78 is 27.9. The minimum Gasteiger partial charge on any atom is -0.449 e. The molecule has 0 bridgehead atoms. The highest BCUT2D eigenvalue weighted by Crippen LogP contribution is 2.32. The van der Waals surface area contributed by atoms with Crippen molar-refractivity contribution in [2.75, 3.05) is 0 Å². The van der Waals surface area contributed by atoms with Gasteiger partial charge in [-0.3, -0.25) is 9.59 Å². The number of hydrogen-bond acceptors (Lipinski definition) is 6. The summed E-state index contributed by atoms with van der Waals surface area (Å²) in [4.78, 5) is 34.9. The maximum Gasteiger partial charge on any atom is 0.522 e. The molecule has 23 heavy (non-hydrogen) atoms. The number of ketones is 2. The first-order valence-corrected chi connectivity index (χ1v) is 7.72. The van der Waals surface area contributed by atoms with E-state index in [1.54, 1.807) is 12.1 Å². The van der Waals surface area contributed by atoms with Gasteiger partial charge in [-0.1, -0.05) is 36.4 Å². The van der Waals surface area contributed by atoms with Crippen LogP contribution >= 0.6 is 0 Å². The highest BCUT2D eigenvalue weighted by atomic mass is 32.2. The van der Waals surface area contributed by atoms with Crippen LogP contribution in [0.5, 0.6) is 0 Å². The van der Waals surface area contributed by atoms with Gasteiger partial charge in [-0.15, -0.1) is 0 Å². The van der Waals surface area contributed by atoms with Crippen LogP contribution in [0, 0.1) is 0 Å². The second-order valence-corrected chi connectivity index (χ2v) is 6.20. The molecule has 0 saturated carbocycles. The van der Waals surface area contributed by atoms with Crippen molar-refractivity contribution in [2.24, 2.45) is 0 Å². The smallest absolute Gasteiger partial charge is 0.449 e. The Kier molecular flexibility index (Phi) is 3.26. The molecule has 1 aliphatic carbocycles. The molecule has 2 aromatic carbocycles. The van der Waals surface area contributed by atoms with Gasteiger partial charge in [0.2, 0.25) is 0 Å². The van der Waals surface area contributed by atoms with Gasteiger partial charge in [0.05, 0.1) is 5.56 Å². The highest BCUT2D eigenvalue weighted by Gasteiger charge is 2.35. The van der Waals surface area contributed by atoms with E-state index in [1.165, 1.54) is 24.3 Å². The van der Waals surface area contributed by atoms with Gasteiger partial charge in [0.1, 0.15) is 4.90 Å². The molecule has 116 valence electrons. The molecule has 0 aromatic heterocycles. The molecule has 1 aliphatic rings. The largest absolute Gasteiger partial charge is 0.522 e. The predicted octanol–water partition coefficient (Wildman–Crippen LogP) is 1.85. The van der Waals surface area contributed by atoms with Crippen molar-refractivity contribution in [3.8, 4) is 0 Å². The third kappa shape index (κ3) is 2.29. The van der Waals surface area contributed by atoms with Crippen LogP contribution in [0.4, 0.5) is 4.79 Å². The van der Waals surface area contributed by atoms with E-state index in [9.17, 15) is 22.8 Å². The molecule has 8 heteroatoms. The fourth-order valence-corrected chi connectivity index (χ4v) is 3.44. The Morgan fingerprint density at radius 2 is 1.43 bits per heavy atom. The molecule has 0 fully saturated rings. The van der Waals surface area contributed by atoms with Crippen LogP contribution in [0.3, 0.4) is 0 Å². The SMILES string of the molecule is O=C(O)OS(=O)(=O)c1cccc2c1C(=O)c1ccccc1C2=O. The lowest BCUT2D eigenvalue weighted by Crippen LogP contribution is -2.24. The zero-order chi connectivity index (χ0) is 16.8. The zero-order valence-corrected chi connectivity index (χ0v) is 12.2. The molecule has 0 atom stereocenters. The second-order valence-electron chi connectivity index (χ2n) is 4.69. The molecule has 1 N–H and O–H groups in total. The molecule has 0 aliphatic heterocycles. The average Bonchev–Trinajstić information content (AvgIpc) is 2.50. The molecular formula is C15H8O7S. The Morgan fingerprint density at radius 3 is 2.04 bits per heavy atom. The first kappa shape index (κ1) is 14.9. The Bertz CT molecular complexity index is 973. The number of carboxylic acid groups (broad SMARTS) is 1. The van der Waals surface area contributed by atoms with Gasteiger partial charge < -0.3 is 9.29 Å². The number of carbonyl (C=O) groups excluding carboxylic acids is 2. The molecule has 2 aromatic rings. The lowest BCUT2D eigenvalue weighted by atomic mass is 9.84. The van der Waals surface area contributed by atoms with E-state index in [1.807, 2.05) is 0 Å². The molecule has 0 amide bonds. The first-order chi connectivity index (χ1) is 10.8. The zero-order valence-electron chi connectivity index (χ0n) is 11.3. The number of rotatable bonds is 2. The van der Waals surface area contributed by atoms with Crippen molar-refractivity contribution in [1.82, 2.24) is 0 Å². The number of carbonyl (C=O) groups is 3. The van der Waals surface area contributed by atoms with Crippen molar-refractivity contribution in [3.63, 3.8) is 0 Å². The van der Waals surface area contributed by atoms with Crippen molar-refractivity contribution < 1.29 is 32.1 Å². The Hall–Kier alpha value is -3.00. The molecule has 3 rings (SSSR count). The van der Waals surface area contributed by atoms with Gasteiger partial charge in [0.15, 0.2) is 11.6 Å². The molecule has 0 spiro atoms. The fraction of sp³-hybridized carbons (Fsp3) is 0. The normalized spacial score (nSPS) is 13.2. The van der Waals surface area contributed by atoms with Crippen LogP contribution in [0.2, 0.25) is 0 Å². The van der Waals surface area contributed by atoms with Crippen molar-refractivity contribution >= 4 is 27.8 Å². The maximum atomic E-state index is 12.6. The molecule has 7 nitrogen and oxygen atoms in total. The third-order valence-corrected chi connectivity index (χ3v) is 4.61. The first-order valence-electron chi connectivity index (χ1n) is 6.32. The Morgan fingerprint density at radius 1 is 0.870 bits per heavy atom. The second kappa shape index (κ2) is 5.03. The summed E-state index contributed by atoms with van der Waals surface area (Å²) >= 11 is 0. The minimum absolute atomic E-state index is 0.0583. The monoisotopic (exact) mass is 332 g/mol. The predicted molar refractivity (Wildman–Crippen MR) is 76.0 cm³/mol. The Balaban J connectivity index is 2.29. The quantitative estimate of drug-likeness (QED) is 0.712. The number of hydrogen-bond donors (Lipinski definition) is 1. The van der Waals surface area contributed by atoms with Crippen LogP contribution < -0.4 is 0 Å². The molecular weight excluding hydrogens is 324 g/mol. The topological polar surface area (TPSA) is 115 Å². The summed E-state index contributed by atoms with van der Waals surface area (Å²) in [5.41, 5.74) is -0.261. The minimum atomic E-state index is -4.73. The van der Waals surface area contributed by atoms with Crippen LogP contribution in [0.1, 0.15) is 31.8 Å². The Labute approximate surface area is 130 Å². The van der Waals surface area contributed by atoms with Gasteiger partial charge in [-0.05, 0) is 6.07 Å². The van der Waals surface area contributed by atoms with E-state index in [4.69, 9.17) is 5.11 Å². The summed E-state index contributed by atoms with van der Waals surface area (Å²) in [6, 6.07) is 9.58. The summed E-state index contributed by atoms with van der Waals surface area (Å²) in [6.45, 7) is 0. The van der Waals surface area contributed by atoms with Gasteiger partial charge in [-0.2, -0.15) is 8.42 Å². The van der Waals surface area contributed by atoms with E-state index >= 15 is 0 Å².